The Hall–Kier alpha value is -3.10. The molecule has 0 saturated carbocycles. The smallest absolute Gasteiger partial charge is 0.330 e. The molecule has 0 spiro atoms. The quantitative estimate of drug-likeness (QED) is 0.641. The Morgan fingerprint density at radius 1 is 1.16 bits per heavy atom. The molecule has 0 aliphatic carbocycles. The Morgan fingerprint density at radius 2 is 1.87 bits per heavy atom. The van der Waals surface area contributed by atoms with Crippen molar-refractivity contribution in [2.24, 2.45) is 12.5 Å². The number of anilines is 1. The number of imidazole rings is 1. The van der Waals surface area contributed by atoms with Crippen molar-refractivity contribution in [2.75, 3.05) is 18.0 Å². The molecule has 0 aromatic carbocycles. The summed E-state index contributed by atoms with van der Waals surface area (Å²) in [6.45, 7) is 8.43. The third-order valence-corrected chi connectivity index (χ3v) is 6.30. The topological polar surface area (TPSA) is 89.4 Å². The maximum Gasteiger partial charge on any atom is 0.330 e. The molecule has 31 heavy (non-hydrogen) atoms. The van der Waals surface area contributed by atoms with Gasteiger partial charge in [0.15, 0.2) is 11.3 Å². The number of rotatable bonds is 3. The molecule has 2 saturated heterocycles. The fraction of sp³-hybridized carbons (Fsp3) is 0.545. The number of aryl methyl sites for hydroxylation is 1. The van der Waals surface area contributed by atoms with Gasteiger partial charge in [-0.1, -0.05) is 25.9 Å². The van der Waals surface area contributed by atoms with Gasteiger partial charge in [0.05, 0.1) is 17.6 Å². The first kappa shape index (κ1) is 19.8. The molecule has 2 aliphatic rings. The van der Waals surface area contributed by atoms with Gasteiger partial charge in [-0.05, 0) is 30.4 Å². The molecule has 2 bridgehead atoms. The lowest BCUT2D eigenvalue weighted by molar-refractivity contribution is 0.0630. The summed E-state index contributed by atoms with van der Waals surface area (Å²) in [4.78, 5) is 34.7. The Kier molecular flexibility index (Phi) is 4.46. The van der Waals surface area contributed by atoms with E-state index in [1.54, 1.807) is 17.7 Å². The van der Waals surface area contributed by atoms with Crippen LogP contribution in [0, 0.1) is 5.41 Å². The minimum Gasteiger partial charge on any atom is -0.364 e. The van der Waals surface area contributed by atoms with E-state index >= 15 is 0 Å². The van der Waals surface area contributed by atoms with Crippen LogP contribution in [0.3, 0.4) is 0 Å². The van der Waals surface area contributed by atoms with Gasteiger partial charge >= 0.3 is 5.69 Å². The van der Waals surface area contributed by atoms with Crippen LogP contribution in [0.4, 0.5) is 5.82 Å². The summed E-state index contributed by atoms with van der Waals surface area (Å²) in [6.07, 6.45) is 3.36. The first-order chi connectivity index (χ1) is 14.7. The van der Waals surface area contributed by atoms with Crippen molar-refractivity contribution >= 4 is 22.9 Å². The largest absolute Gasteiger partial charge is 0.364 e. The highest BCUT2D eigenvalue weighted by atomic mass is 16.5. The van der Waals surface area contributed by atoms with Crippen molar-refractivity contribution in [3.05, 3.63) is 40.6 Å². The monoisotopic (exact) mass is 424 g/mol. The normalized spacial score (nSPS) is 21.3. The number of hydrogen-bond donors (Lipinski definition) is 0. The molecule has 2 unspecified atom stereocenters. The van der Waals surface area contributed by atoms with E-state index in [0.717, 1.165) is 37.3 Å². The standard InChI is InChI=1S/C22H28N6O3/c1-22(2,3)13-27-17-7-8-18(23-19(17)25(4)21(27)30)26-11-14-5-6-15(12-26)28(14)20(29)16-9-10-31-24-16/h7-10,14-15H,5-6,11-13H2,1-4H3. The van der Waals surface area contributed by atoms with Crippen LogP contribution in [0.1, 0.15) is 44.1 Å². The molecule has 9 heteroatoms. The third kappa shape index (κ3) is 3.32. The van der Waals surface area contributed by atoms with Crippen LogP contribution in [0.15, 0.2) is 33.8 Å². The molecule has 2 aliphatic heterocycles. The van der Waals surface area contributed by atoms with Gasteiger partial charge in [0.1, 0.15) is 12.1 Å². The van der Waals surface area contributed by atoms with Gasteiger partial charge in [0.2, 0.25) is 0 Å². The Morgan fingerprint density at radius 3 is 2.48 bits per heavy atom. The first-order valence-corrected chi connectivity index (χ1v) is 10.8. The van der Waals surface area contributed by atoms with Crippen LogP contribution < -0.4 is 10.6 Å². The number of piperazine rings is 1. The second kappa shape index (κ2) is 6.96. The zero-order chi connectivity index (χ0) is 21.9. The van der Waals surface area contributed by atoms with Crippen molar-refractivity contribution < 1.29 is 9.32 Å². The lowest BCUT2D eigenvalue weighted by Gasteiger charge is -2.41. The number of nitrogens with zero attached hydrogens (tertiary/aromatic N) is 6. The summed E-state index contributed by atoms with van der Waals surface area (Å²) in [5.41, 5.74) is 1.86. The number of fused-ring (bicyclic) bond motifs is 3. The molecule has 5 rings (SSSR count). The van der Waals surface area contributed by atoms with Crippen molar-refractivity contribution in [1.29, 1.82) is 0 Å². The predicted octanol–water partition coefficient (Wildman–Crippen LogP) is 2.26. The summed E-state index contributed by atoms with van der Waals surface area (Å²) in [5.74, 6) is 0.785. The van der Waals surface area contributed by atoms with E-state index in [1.807, 2.05) is 21.6 Å². The number of aromatic nitrogens is 4. The van der Waals surface area contributed by atoms with E-state index < -0.39 is 0 Å². The lowest BCUT2D eigenvalue weighted by Crippen LogP contribution is -2.56. The minimum atomic E-state index is -0.0639. The van der Waals surface area contributed by atoms with Crippen LogP contribution in [-0.4, -0.2) is 55.3 Å². The van der Waals surface area contributed by atoms with Crippen molar-refractivity contribution in [1.82, 2.24) is 24.2 Å². The van der Waals surface area contributed by atoms with Crippen molar-refractivity contribution in [3.8, 4) is 0 Å². The number of carbonyl (C=O) groups is 1. The summed E-state index contributed by atoms with van der Waals surface area (Å²) >= 11 is 0. The third-order valence-electron chi connectivity index (χ3n) is 6.30. The van der Waals surface area contributed by atoms with Gasteiger partial charge in [-0.3, -0.25) is 13.9 Å². The molecule has 5 heterocycles. The molecule has 1 amide bonds. The van der Waals surface area contributed by atoms with E-state index in [4.69, 9.17) is 9.51 Å². The SMILES string of the molecule is Cn1c(=O)n(CC(C)(C)C)c2ccc(N3CC4CCC(C3)N4C(=O)c3ccon3)nc21. The number of hydrogen-bond acceptors (Lipinski definition) is 6. The van der Waals surface area contributed by atoms with E-state index in [1.165, 1.54) is 6.26 Å². The molecule has 0 radical (unpaired) electrons. The molecular weight excluding hydrogens is 396 g/mol. The second-order valence-corrected chi connectivity index (χ2v) is 9.89. The van der Waals surface area contributed by atoms with E-state index in [-0.39, 0.29) is 29.1 Å². The van der Waals surface area contributed by atoms with E-state index in [9.17, 15) is 9.59 Å². The number of pyridine rings is 1. The molecular formula is C22H28N6O3. The van der Waals surface area contributed by atoms with Crippen LogP contribution in [0.5, 0.6) is 0 Å². The molecule has 2 fully saturated rings. The van der Waals surface area contributed by atoms with Gasteiger partial charge in [0.25, 0.3) is 5.91 Å². The van der Waals surface area contributed by atoms with Gasteiger partial charge in [0, 0.05) is 32.7 Å². The van der Waals surface area contributed by atoms with Crippen LogP contribution in [0.2, 0.25) is 0 Å². The van der Waals surface area contributed by atoms with E-state index in [0.29, 0.717) is 17.9 Å². The molecule has 3 aromatic rings. The summed E-state index contributed by atoms with van der Waals surface area (Å²) < 4.78 is 8.29. The Balaban J connectivity index is 1.43. The van der Waals surface area contributed by atoms with Crippen LogP contribution in [-0.2, 0) is 13.6 Å². The molecule has 0 N–H and O–H groups in total. The van der Waals surface area contributed by atoms with Crippen molar-refractivity contribution in [2.45, 2.75) is 52.2 Å². The second-order valence-electron chi connectivity index (χ2n) is 9.89. The average Bonchev–Trinajstić information content (AvgIpc) is 3.41. The maximum absolute atomic E-state index is 12.9. The summed E-state index contributed by atoms with van der Waals surface area (Å²) in [7, 11) is 1.78. The van der Waals surface area contributed by atoms with Crippen LogP contribution >= 0.6 is 0 Å². The highest BCUT2D eigenvalue weighted by molar-refractivity contribution is 5.93. The fourth-order valence-corrected chi connectivity index (χ4v) is 4.94. The van der Waals surface area contributed by atoms with Crippen molar-refractivity contribution in [3.63, 3.8) is 0 Å². The molecule has 9 nitrogen and oxygen atoms in total. The summed E-state index contributed by atoms with van der Waals surface area (Å²) in [6, 6.07) is 5.85. The molecule has 2 atom stereocenters. The Bertz CT molecular complexity index is 1170. The lowest BCUT2D eigenvalue weighted by atomic mass is 9.97. The minimum absolute atomic E-state index is 0.0112. The number of amides is 1. The highest BCUT2D eigenvalue weighted by Crippen LogP contribution is 2.33. The highest BCUT2D eigenvalue weighted by Gasteiger charge is 2.43. The average molecular weight is 425 g/mol. The first-order valence-electron chi connectivity index (χ1n) is 10.8. The van der Waals surface area contributed by atoms with Gasteiger partial charge < -0.3 is 14.3 Å². The number of carbonyl (C=O) groups excluding carboxylic acids is 1. The van der Waals surface area contributed by atoms with Gasteiger partial charge in [-0.15, -0.1) is 0 Å². The fourth-order valence-electron chi connectivity index (χ4n) is 4.94. The van der Waals surface area contributed by atoms with Gasteiger partial charge in [-0.2, -0.15) is 0 Å². The molecule has 3 aromatic heterocycles. The van der Waals surface area contributed by atoms with Crippen LogP contribution in [0.25, 0.3) is 11.2 Å². The zero-order valence-corrected chi connectivity index (χ0v) is 18.4. The predicted molar refractivity (Wildman–Crippen MR) is 116 cm³/mol. The van der Waals surface area contributed by atoms with E-state index in [2.05, 4.69) is 30.8 Å². The Labute approximate surface area is 180 Å². The maximum atomic E-state index is 12.9. The molecule has 164 valence electrons. The summed E-state index contributed by atoms with van der Waals surface area (Å²) in [5, 5.41) is 3.82. The zero-order valence-electron chi connectivity index (χ0n) is 18.4. The van der Waals surface area contributed by atoms with Gasteiger partial charge in [-0.25, -0.2) is 9.78 Å².